The van der Waals surface area contributed by atoms with Gasteiger partial charge in [0.15, 0.2) is 11.5 Å². The molecule has 2 rings (SSSR count). The molecule has 0 bridgehead atoms. The summed E-state index contributed by atoms with van der Waals surface area (Å²) in [7, 11) is -0.325. The van der Waals surface area contributed by atoms with Crippen LogP contribution in [0.15, 0.2) is 29.4 Å². The predicted octanol–water partition coefficient (Wildman–Crippen LogP) is 1.63. The Morgan fingerprint density at radius 2 is 1.90 bits per heavy atom. The minimum atomic E-state index is -3.46. The highest BCUT2D eigenvalue weighted by Gasteiger charge is 2.11. The van der Waals surface area contributed by atoms with Gasteiger partial charge in [0.25, 0.3) is 0 Å². The van der Waals surface area contributed by atoms with Gasteiger partial charge in [-0.1, -0.05) is 0 Å². The molecule has 0 radical (unpaired) electrons. The van der Waals surface area contributed by atoms with Crippen LogP contribution >= 0.6 is 11.8 Å². The maximum Gasteiger partial charge on any atom is 0.209 e. The summed E-state index contributed by atoms with van der Waals surface area (Å²) in [5.74, 6) is 1.49. The van der Waals surface area contributed by atoms with Crippen molar-refractivity contribution < 1.29 is 17.9 Å². The molecule has 0 saturated heterocycles. The molecular weight excluding hydrogens is 312 g/mol. The number of ether oxygens (including phenoxy) is 2. The summed E-state index contributed by atoms with van der Waals surface area (Å²) < 4.78 is 32.5. The Morgan fingerprint density at radius 1 is 1.24 bits per heavy atom. The number of sulfonamides is 1. The second-order valence-electron chi connectivity index (χ2n) is 4.26. The summed E-state index contributed by atoms with van der Waals surface area (Å²) in [6, 6.07) is 5.56. The highest BCUT2D eigenvalue weighted by atomic mass is 32.2. The van der Waals surface area contributed by atoms with Gasteiger partial charge in [0.05, 0.1) is 20.0 Å². The monoisotopic (exact) mass is 328 g/mol. The van der Waals surface area contributed by atoms with Gasteiger partial charge < -0.3 is 9.47 Å². The number of nitrogens with two attached hydrogens (primary N) is 1. The zero-order valence-corrected chi connectivity index (χ0v) is 13.3. The maximum atomic E-state index is 11.0. The van der Waals surface area contributed by atoms with Crippen molar-refractivity contribution >= 4 is 32.6 Å². The van der Waals surface area contributed by atoms with Gasteiger partial charge >= 0.3 is 0 Å². The number of hydrogen-bond donors (Lipinski definition) is 1. The second kappa shape index (κ2) is 6.50. The molecule has 0 aliphatic heterocycles. The molecule has 2 N–H and O–H groups in total. The summed E-state index contributed by atoms with van der Waals surface area (Å²) in [6.07, 6.45) is 1.67. The molecule has 0 fully saturated rings. The third-order valence-corrected chi connectivity index (χ3v) is 4.88. The quantitative estimate of drug-likeness (QED) is 0.810. The van der Waals surface area contributed by atoms with Crippen molar-refractivity contribution in [2.75, 3.05) is 25.7 Å². The smallest absolute Gasteiger partial charge is 0.209 e. The van der Waals surface area contributed by atoms with Crippen LogP contribution < -0.4 is 14.6 Å². The van der Waals surface area contributed by atoms with E-state index in [9.17, 15) is 8.42 Å². The molecule has 21 heavy (non-hydrogen) atoms. The topological polar surface area (TPSA) is 91.5 Å². The molecule has 0 atom stereocenters. The van der Waals surface area contributed by atoms with Gasteiger partial charge in [0.1, 0.15) is 5.03 Å². The fraction of sp³-hybridized carbons (Fsp3) is 0.308. The Morgan fingerprint density at radius 3 is 2.52 bits per heavy atom. The van der Waals surface area contributed by atoms with Crippen molar-refractivity contribution in [2.45, 2.75) is 5.03 Å². The van der Waals surface area contributed by atoms with E-state index >= 15 is 0 Å². The number of pyridine rings is 1. The van der Waals surface area contributed by atoms with E-state index in [0.29, 0.717) is 17.3 Å². The van der Waals surface area contributed by atoms with Crippen LogP contribution in [0.5, 0.6) is 11.5 Å². The molecule has 1 aromatic carbocycles. The minimum absolute atomic E-state index is 0.0942. The first kappa shape index (κ1) is 15.9. The average molecular weight is 328 g/mol. The molecule has 0 saturated carbocycles. The fourth-order valence-electron chi connectivity index (χ4n) is 1.84. The summed E-state index contributed by atoms with van der Waals surface area (Å²) >= 11 is 1.34. The number of rotatable bonds is 6. The molecular formula is C13H16N2O4S2. The third kappa shape index (κ3) is 3.99. The van der Waals surface area contributed by atoms with Crippen molar-refractivity contribution in [3.8, 4) is 11.5 Å². The van der Waals surface area contributed by atoms with Crippen molar-refractivity contribution in [3.05, 3.63) is 24.4 Å². The number of benzene rings is 1. The first-order chi connectivity index (χ1) is 9.94. The van der Waals surface area contributed by atoms with E-state index in [1.165, 1.54) is 11.8 Å². The van der Waals surface area contributed by atoms with Crippen LogP contribution in [0.1, 0.15) is 0 Å². The lowest BCUT2D eigenvalue weighted by Gasteiger charge is -2.11. The van der Waals surface area contributed by atoms with Crippen molar-refractivity contribution in [1.29, 1.82) is 0 Å². The van der Waals surface area contributed by atoms with E-state index in [0.717, 1.165) is 15.8 Å². The van der Waals surface area contributed by atoms with Crippen molar-refractivity contribution in [2.24, 2.45) is 5.14 Å². The Labute approximate surface area is 127 Å². The number of fused-ring (bicyclic) bond motifs is 1. The van der Waals surface area contributed by atoms with E-state index in [-0.39, 0.29) is 5.75 Å². The van der Waals surface area contributed by atoms with E-state index in [4.69, 9.17) is 14.6 Å². The Kier molecular flexibility index (Phi) is 4.92. The average Bonchev–Trinajstić information content (AvgIpc) is 2.44. The van der Waals surface area contributed by atoms with Crippen LogP contribution in [0.25, 0.3) is 10.8 Å². The number of aromatic nitrogens is 1. The zero-order chi connectivity index (χ0) is 15.5. The molecule has 114 valence electrons. The standard InChI is InChI=1S/C13H16N2O4S2/c1-18-11-7-9-3-4-15-13(10(9)8-12(11)19-2)20-5-6-21(14,16)17/h3-4,7-8H,5-6H2,1-2H3,(H2,14,16,17). The van der Waals surface area contributed by atoms with Crippen LogP contribution in [0, 0.1) is 0 Å². The molecule has 2 aromatic rings. The zero-order valence-electron chi connectivity index (χ0n) is 11.7. The lowest BCUT2D eigenvalue weighted by molar-refractivity contribution is 0.356. The number of nitrogens with zero attached hydrogens (tertiary/aromatic N) is 1. The summed E-state index contributed by atoms with van der Waals surface area (Å²) in [4.78, 5) is 4.29. The summed E-state index contributed by atoms with van der Waals surface area (Å²) in [6.45, 7) is 0. The summed E-state index contributed by atoms with van der Waals surface area (Å²) in [5, 5.41) is 7.56. The Hall–Kier alpha value is -1.51. The number of methoxy groups -OCH3 is 2. The molecule has 6 nitrogen and oxygen atoms in total. The van der Waals surface area contributed by atoms with Gasteiger partial charge in [-0.05, 0) is 23.6 Å². The largest absolute Gasteiger partial charge is 0.493 e. The summed E-state index contributed by atoms with van der Waals surface area (Å²) in [5.41, 5.74) is 0. The number of thioether (sulfide) groups is 1. The molecule has 0 amide bonds. The third-order valence-electron chi connectivity index (χ3n) is 2.84. The van der Waals surface area contributed by atoms with Gasteiger partial charge in [0.2, 0.25) is 10.0 Å². The molecule has 0 aliphatic carbocycles. The Bertz CT molecular complexity index is 747. The second-order valence-corrected chi connectivity index (χ2v) is 7.08. The Balaban J connectivity index is 2.36. The number of primary sulfonamides is 1. The number of hydrogen-bond acceptors (Lipinski definition) is 6. The van der Waals surface area contributed by atoms with Gasteiger partial charge in [-0.25, -0.2) is 18.5 Å². The van der Waals surface area contributed by atoms with Crippen molar-refractivity contribution in [1.82, 2.24) is 4.98 Å². The molecule has 0 aliphatic rings. The molecule has 1 heterocycles. The molecule has 8 heteroatoms. The fourth-order valence-corrected chi connectivity index (χ4v) is 3.77. The van der Waals surface area contributed by atoms with E-state index in [2.05, 4.69) is 4.98 Å². The maximum absolute atomic E-state index is 11.0. The van der Waals surface area contributed by atoms with Crippen LogP contribution in [0.3, 0.4) is 0 Å². The van der Waals surface area contributed by atoms with Gasteiger partial charge in [-0.15, -0.1) is 11.8 Å². The normalized spacial score (nSPS) is 11.6. The molecule has 0 spiro atoms. The van der Waals surface area contributed by atoms with Gasteiger partial charge in [-0.2, -0.15) is 0 Å². The van der Waals surface area contributed by atoms with Crippen LogP contribution in [-0.4, -0.2) is 39.1 Å². The van der Waals surface area contributed by atoms with Gasteiger partial charge in [0, 0.05) is 17.3 Å². The minimum Gasteiger partial charge on any atom is -0.493 e. The van der Waals surface area contributed by atoms with Crippen molar-refractivity contribution in [3.63, 3.8) is 0 Å². The first-order valence-electron chi connectivity index (χ1n) is 6.08. The van der Waals surface area contributed by atoms with E-state index in [1.807, 2.05) is 18.2 Å². The van der Waals surface area contributed by atoms with E-state index in [1.54, 1.807) is 20.4 Å². The van der Waals surface area contributed by atoms with Gasteiger partial charge in [-0.3, -0.25) is 0 Å². The molecule has 0 unspecified atom stereocenters. The van der Waals surface area contributed by atoms with Crippen LogP contribution in [0.4, 0.5) is 0 Å². The van der Waals surface area contributed by atoms with Crippen LogP contribution in [-0.2, 0) is 10.0 Å². The lowest BCUT2D eigenvalue weighted by Crippen LogP contribution is -2.17. The van der Waals surface area contributed by atoms with E-state index < -0.39 is 10.0 Å². The first-order valence-corrected chi connectivity index (χ1v) is 8.78. The highest BCUT2D eigenvalue weighted by Crippen LogP contribution is 2.35. The highest BCUT2D eigenvalue weighted by molar-refractivity contribution is 8.00. The lowest BCUT2D eigenvalue weighted by atomic mass is 10.1. The SMILES string of the molecule is COc1cc2ccnc(SCCS(N)(=O)=O)c2cc1OC. The predicted molar refractivity (Wildman–Crippen MR) is 83.5 cm³/mol. The molecule has 1 aromatic heterocycles. The van der Waals surface area contributed by atoms with Crippen LogP contribution in [0.2, 0.25) is 0 Å².